The van der Waals surface area contributed by atoms with Crippen LogP contribution < -0.4 is 5.32 Å². The number of aryl methyl sites for hydroxylation is 2. The quantitative estimate of drug-likeness (QED) is 0.766. The van der Waals surface area contributed by atoms with Crippen molar-refractivity contribution in [3.05, 3.63) is 59.3 Å². The predicted molar refractivity (Wildman–Crippen MR) is 89.1 cm³/mol. The van der Waals surface area contributed by atoms with E-state index in [0.717, 1.165) is 23.5 Å². The Morgan fingerprint density at radius 3 is 2.23 bits per heavy atom. The standard InChI is InChI=1S/C17H15F3N6/c1-10-7-11(2)24-15(23-10)9-21-16-25-14(8-22-26-16)12-3-5-13(6-4-12)17(18,19)20/h3-8H,9H2,1-2H3,(H,21,25,26). The van der Waals surface area contributed by atoms with Gasteiger partial charge in [-0.3, -0.25) is 0 Å². The van der Waals surface area contributed by atoms with Crippen molar-refractivity contribution in [1.82, 2.24) is 25.1 Å². The maximum atomic E-state index is 12.6. The van der Waals surface area contributed by atoms with Gasteiger partial charge in [0.2, 0.25) is 5.95 Å². The molecule has 0 aliphatic rings. The van der Waals surface area contributed by atoms with Crippen LogP contribution in [-0.2, 0) is 12.7 Å². The zero-order chi connectivity index (χ0) is 18.7. The maximum absolute atomic E-state index is 12.6. The highest BCUT2D eigenvalue weighted by Crippen LogP contribution is 2.30. The molecule has 0 fully saturated rings. The Labute approximate surface area is 147 Å². The van der Waals surface area contributed by atoms with Crippen LogP contribution in [0.5, 0.6) is 0 Å². The van der Waals surface area contributed by atoms with E-state index in [1.165, 1.54) is 18.3 Å². The molecule has 0 amide bonds. The Balaban J connectivity index is 1.75. The van der Waals surface area contributed by atoms with E-state index >= 15 is 0 Å². The van der Waals surface area contributed by atoms with Gasteiger partial charge in [0.1, 0.15) is 5.82 Å². The summed E-state index contributed by atoms with van der Waals surface area (Å²) in [6.45, 7) is 4.06. The van der Waals surface area contributed by atoms with Gasteiger partial charge in [-0.2, -0.15) is 18.3 Å². The van der Waals surface area contributed by atoms with Gasteiger partial charge in [-0.1, -0.05) is 12.1 Å². The van der Waals surface area contributed by atoms with Gasteiger partial charge in [-0.05, 0) is 32.0 Å². The summed E-state index contributed by atoms with van der Waals surface area (Å²) in [6.07, 6.45) is -2.98. The molecule has 1 N–H and O–H groups in total. The van der Waals surface area contributed by atoms with E-state index in [0.29, 0.717) is 23.6 Å². The second-order valence-corrected chi connectivity index (χ2v) is 5.66. The van der Waals surface area contributed by atoms with E-state index in [1.54, 1.807) is 0 Å². The first-order valence-electron chi connectivity index (χ1n) is 7.73. The summed E-state index contributed by atoms with van der Waals surface area (Å²) in [5.74, 6) is 0.830. The van der Waals surface area contributed by atoms with Crippen molar-refractivity contribution in [1.29, 1.82) is 0 Å². The molecule has 0 radical (unpaired) electrons. The molecule has 0 saturated carbocycles. The number of anilines is 1. The van der Waals surface area contributed by atoms with E-state index < -0.39 is 11.7 Å². The summed E-state index contributed by atoms with van der Waals surface area (Å²) in [7, 11) is 0. The lowest BCUT2D eigenvalue weighted by molar-refractivity contribution is -0.137. The lowest BCUT2D eigenvalue weighted by Gasteiger charge is -2.08. The summed E-state index contributed by atoms with van der Waals surface area (Å²) >= 11 is 0. The van der Waals surface area contributed by atoms with Crippen molar-refractivity contribution >= 4 is 5.95 Å². The number of nitrogens with zero attached hydrogens (tertiary/aromatic N) is 5. The van der Waals surface area contributed by atoms with Crippen LogP contribution in [0.3, 0.4) is 0 Å². The molecule has 0 spiro atoms. The second kappa shape index (κ2) is 7.03. The van der Waals surface area contributed by atoms with Crippen LogP contribution in [0.15, 0.2) is 36.5 Å². The fraction of sp³-hybridized carbons (Fsp3) is 0.235. The van der Waals surface area contributed by atoms with Crippen molar-refractivity contribution < 1.29 is 13.2 Å². The topological polar surface area (TPSA) is 76.5 Å². The second-order valence-electron chi connectivity index (χ2n) is 5.66. The maximum Gasteiger partial charge on any atom is 0.416 e. The van der Waals surface area contributed by atoms with Crippen LogP contribution >= 0.6 is 0 Å². The summed E-state index contributed by atoms with van der Waals surface area (Å²) in [4.78, 5) is 12.9. The average molecular weight is 360 g/mol. The van der Waals surface area contributed by atoms with Crippen molar-refractivity contribution in [3.8, 4) is 11.3 Å². The van der Waals surface area contributed by atoms with Crippen molar-refractivity contribution in [2.45, 2.75) is 26.6 Å². The normalized spacial score (nSPS) is 11.4. The third-order valence-corrected chi connectivity index (χ3v) is 3.50. The van der Waals surface area contributed by atoms with Gasteiger partial charge in [0.15, 0.2) is 0 Å². The Hall–Kier alpha value is -3.10. The Bertz CT molecular complexity index is 889. The van der Waals surface area contributed by atoms with Crippen LogP contribution in [0.2, 0.25) is 0 Å². The molecule has 1 aromatic carbocycles. The zero-order valence-electron chi connectivity index (χ0n) is 14.0. The first-order chi connectivity index (χ1) is 12.3. The number of benzene rings is 1. The average Bonchev–Trinajstić information content (AvgIpc) is 2.59. The first-order valence-corrected chi connectivity index (χ1v) is 7.73. The van der Waals surface area contributed by atoms with E-state index in [9.17, 15) is 13.2 Å². The highest BCUT2D eigenvalue weighted by atomic mass is 19.4. The fourth-order valence-corrected chi connectivity index (χ4v) is 2.38. The van der Waals surface area contributed by atoms with Crippen LogP contribution in [0.4, 0.5) is 19.1 Å². The fourth-order valence-electron chi connectivity index (χ4n) is 2.38. The Kier molecular flexibility index (Phi) is 4.79. The van der Waals surface area contributed by atoms with Gasteiger partial charge in [-0.25, -0.2) is 15.0 Å². The summed E-state index contributed by atoms with van der Waals surface area (Å²) in [6, 6.07) is 6.59. The molecule has 9 heteroatoms. The minimum absolute atomic E-state index is 0.241. The summed E-state index contributed by atoms with van der Waals surface area (Å²) in [5.41, 5.74) is 1.92. The minimum Gasteiger partial charge on any atom is -0.346 e. The van der Waals surface area contributed by atoms with Gasteiger partial charge in [0, 0.05) is 17.0 Å². The van der Waals surface area contributed by atoms with Gasteiger partial charge in [0.05, 0.1) is 24.0 Å². The van der Waals surface area contributed by atoms with Crippen LogP contribution in [0.1, 0.15) is 22.8 Å². The largest absolute Gasteiger partial charge is 0.416 e. The third kappa shape index (κ3) is 4.29. The summed E-state index contributed by atoms with van der Waals surface area (Å²) in [5, 5.41) is 10.7. The molecule has 0 unspecified atom stereocenters. The number of rotatable bonds is 4. The molecule has 0 atom stereocenters. The lowest BCUT2D eigenvalue weighted by Crippen LogP contribution is -2.09. The highest BCUT2D eigenvalue weighted by molar-refractivity contribution is 5.59. The Morgan fingerprint density at radius 2 is 1.62 bits per heavy atom. The van der Waals surface area contributed by atoms with E-state index in [-0.39, 0.29) is 5.95 Å². The molecule has 6 nitrogen and oxygen atoms in total. The molecule has 0 saturated heterocycles. The van der Waals surface area contributed by atoms with Crippen LogP contribution in [-0.4, -0.2) is 25.1 Å². The number of halogens is 3. The number of hydrogen-bond acceptors (Lipinski definition) is 6. The number of nitrogens with one attached hydrogen (secondary N) is 1. The van der Waals surface area contributed by atoms with Crippen molar-refractivity contribution in [3.63, 3.8) is 0 Å². The number of hydrogen-bond donors (Lipinski definition) is 1. The van der Waals surface area contributed by atoms with Gasteiger partial charge in [-0.15, -0.1) is 5.10 Å². The SMILES string of the molecule is Cc1cc(C)nc(CNc2nncc(-c3ccc(C(F)(F)F)cc3)n2)n1. The van der Waals surface area contributed by atoms with Crippen molar-refractivity contribution in [2.75, 3.05) is 5.32 Å². The zero-order valence-corrected chi connectivity index (χ0v) is 14.0. The van der Waals surface area contributed by atoms with Crippen molar-refractivity contribution in [2.24, 2.45) is 0 Å². The van der Waals surface area contributed by atoms with Gasteiger partial charge in [0.25, 0.3) is 0 Å². The third-order valence-electron chi connectivity index (χ3n) is 3.50. The smallest absolute Gasteiger partial charge is 0.346 e. The first kappa shape index (κ1) is 17.7. The molecule has 3 aromatic rings. The number of aromatic nitrogens is 5. The van der Waals surface area contributed by atoms with Crippen LogP contribution in [0, 0.1) is 13.8 Å². The summed E-state index contributed by atoms with van der Waals surface area (Å²) < 4.78 is 37.9. The lowest BCUT2D eigenvalue weighted by atomic mass is 10.1. The van der Waals surface area contributed by atoms with Gasteiger partial charge >= 0.3 is 6.18 Å². The molecular weight excluding hydrogens is 345 g/mol. The van der Waals surface area contributed by atoms with E-state index in [4.69, 9.17) is 0 Å². The van der Waals surface area contributed by atoms with E-state index in [1.807, 2.05) is 19.9 Å². The molecule has 2 aromatic heterocycles. The highest BCUT2D eigenvalue weighted by Gasteiger charge is 2.30. The molecule has 134 valence electrons. The number of alkyl halides is 3. The minimum atomic E-state index is -4.37. The van der Waals surface area contributed by atoms with Gasteiger partial charge < -0.3 is 5.32 Å². The molecular formula is C17H15F3N6. The molecule has 2 heterocycles. The van der Waals surface area contributed by atoms with Crippen LogP contribution in [0.25, 0.3) is 11.3 Å². The monoisotopic (exact) mass is 360 g/mol. The molecule has 0 aliphatic heterocycles. The molecule has 0 bridgehead atoms. The Morgan fingerprint density at radius 1 is 0.962 bits per heavy atom. The molecule has 0 aliphatic carbocycles. The van der Waals surface area contributed by atoms with E-state index in [2.05, 4.69) is 30.5 Å². The predicted octanol–water partition coefficient (Wildman–Crippen LogP) is 3.58. The molecule has 3 rings (SSSR count). The molecule has 26 heavy (non-hydrogen) atoms.